The summed E-state index contributed by atoms with van der Waals surface area (Å²) in [6.07, 6.45) is -1.49. The third-order valence-corrected chi connectivity index (χ3v) is 3.58. The van der Waals surface area contributed by atoms with Crippen LogP contribution in [0.5, 0.6) is 0 Å². The molecule has 0 fully saturated rings. The summed E-state index contributed by atoms with van der Waals surface area (Å²) in [4.78, 5) is 12.5. The molecule has 0 radical (unpaired) electrons. The molecule has 2 aromatic heterocycles. The zero-order chi connectivity index (χ0) is 18.2. The van der Waals surface area contributed by atoms with Gasteiger partial charge in [0.15, 0.2) is 0 Å². The Labute approximate surface area is 140 Å². The molecule has 0 spiro atoms. The topological polar surface area (TPSA) is 73.0 Å². The number of carbonyl (C=O) groups excluding carboxylic acids is 1. The number of rotatable bonds is 3. The van der Waals surface area contributed by atoms with Gasteiger partial charge in [0.1, 0.15) is 11.3 Å². The fourth-order valence-corrected chi connectivity index (χ4v) is 2.42. The van der Waals surface area contributed by atoms with E-state index in [-0.39, 0.29) is 17.0 Å². The lowest BCUT2D eigenvalue weighted by Crippen LogP contribution is -2.16. The Morgan fingerprint density at radius 3 is 2.60 bits per heavy atom. The average molecular weight is 350 g/mol. The molecule has 2 heterocycles. The summed E-state index contributed by atoms with van der Waals surface area (Å²) >= 11 is 0. The van der Waals surface area contributed by atoms with Gasteiger partial charge in [-0.1, -0.05) is 5.16 Å². The van der Waals surface area contributed by atoms with E-state index in [1.54, 1.807) is 26.1 Å². The maximum atomic E-state index is 13.0. The Balaban J connectivity index is 2.05. The second kappa shape index (κ2) is 6.08. The van der Waals surface area contributed by atoms with Gasteiger partial charge in [-0.15, -0.1) is 0 Å². The van der Waals surface area contributed by atoms with Crippen molar-refractivity contribution >= 4 is 11.6 Å². The van der Waals surface area contributed by atoms with Crippen molar-refractivity contribution in [2.75, 3.05) is 5.32 Å². The van der Waals surface area contributed by atoms with Crippen LogP contribution in [0.1, 0.15) is 27.4 Å². The lowest BCUT2D eigenvalue weighted by molar-refractivity contribution is -0.137. The predicted octanol–water partition coefficient (Wildman–Crippen LogP) is 3.75. The summed E-state index contributed by atoms with van der Waals surface area (Å²) in [5.41, 5.74) is -0.0643. The second-order valence-corrected chi connectivity index (χ2v) is 5.33. The van der Waals surface area contributed by atoms with Crippen LogP contribution in [-0.4, -0.2) is 20.8 Å². The van der Waals surface area contributed by atoms with E-state index in [4.69, 9.17) is 4.52 Å². The van der Waals surface area contributed by atoms with Crippen molar-refractivity contribution < 1.29 is 22.5 Å². The minimum Gasteiger partial charge on any atom is -0.361 e. The fourth-order valence-electron chi connectivity index (χ4n) is 2.42. The highest BCUT2D eigenvalue weighted by molar-refractivity contribution is 6.06. The first-order chi connectivity index (χ1) is 11.8. The Hall–Kier alpha value is -3.10. The van der Waals surface area contributed by atoms with Crippen molar-refractivity contribution in [3.05, 3.63) is 59.2 Å². The smallest absolute Gasteiger partial charge is 0.361 e. The lowest BCUT2D eigenvalue weighted by Gasteiger charge is -2.14. The van der Waals surface area contributed by atoms with Gasteiger partial charge in [-0.05, 0) is 38.1 Å². The maximum absolute atomic E-state index is 13.0. The van der Waals surface area contributed by atoms with Crippen LogP contribution in [-0.2, 0) is 6.18 Å². The SMILES string of the molecule is Cc1noc(C)c1C(=O)Nc1cc(C(F)(F)F)ccc1-n1cccn1. The Kier molecular flexibility index (Phi) is 4.07. The van der Waals surface area contributed by atoms with Crippen LogP contribution >= 0.6 is 0 Å². The monoisotopic (exact) mass is 350 g/mol. The number of nitrogens with one attached hydrogen (secondary N) is 1. The average Bonchev–Trinajstić information content (AvgIpc) is 3.16. The summed E-state index contributed by atoms with van der Waals surface area (Å²) in [6, 6.07) is 4.67. The molecule has 1 N–H and O–H groups in total. The van der Waals surface area contributed by atoms with Crippen molar-refractivity contribution in [1.29, 1.82) is 0 Å². The van der Waals surface area contributed by atoms with Crippen LogP contribution in [0.3, 0.4) is 0 Å². The summed E-state index contributed by atoms with van der Waals surface area (Å²) < 4.78 is 45.4. The first kappa shape index (κ1) is 16.7. The first-order valence-corrected chi connectivity index (χ1v) is 7.23. The number of aromatic nitrogens is 3. The van der Waals surface area contributed by atoms with Crippen LogP contribution in [0, 0.1) is 13.8 Å². The molecule has 0 saturated heterocycles. The van der Waals surface area contributed by atoms with Gasteiger partial charge in [0, 0.05) is 12.4 Å². The maximum Gasteiger partial charge on any atom is 0.416 e. The van der Waals surface area contributed by atoms with E-state index in [2.05, 4.69) is 15.6 Å². The summed E-state index contributed by atoms with van der Waals surface area (Å²) in [5, 5.41) is 10.2. The molecule has 0 aliphatic carbocycles. The van der Waals surface area contributed by atoms with Gasteiger partial charge in [-0.25, -0.2) is 4.68 Å². The lowest BCUT2D eigenvalue weighted by atomic mass is 10.1. The van der Waals surface area contributed by atoms with E-state index in [9.17, 15) is 18.0 Å². The normalized spacial score (nSPS) is 11.6. The highest BCUT2D eigenvalue weighted by atomic mass is 19.4. The zero-order valence-electron chi connectivity index (χ0n) is 13.3. The van der Waals surface area contributed by atoms with Crippen molar-refractivity contribution in [2.45, 2.75) is 20.0 Å². The van der Waals surface area contributed by atoms with Crippen LogP contribution in [0.15, 0.2) is 41.2 Å². The molecule has 0 aliphatic heterocycles. The van der Waals surface area contributed by atoms with Crippen molar-refractivity contribution in [1.82, 2.24) is 14.9 Å². The molecule has 6 nitrogen and oxygen atoms in total. The number of alkyl halides is 3. The number of aryl methyl sites for hydroxylation is 2. The molecule has 3 aromatic rings. The third-order valence-electron chi connectivity index (χ3n) is 3.58. The number of amides is 1. The Morgan fingerprint density at radius 1 is 1.28 bits per heavy atom. The van der Waals surface area contributed by atoms with E-state index < -0.39 is 17.6 Å². The number of carbonyl (C=O) groups is 1. The van der Waals surface area contributed by atoms with Crippen molar-refractivity contribution in [3.63, 3.8) is 0 Å². The molecule has 0 aliphatic rings. The molecule has 1 amide bonds. The van der Waals surface area contributed by atoms with E-state index in [1.807, 2.05) is 0 Å². The van der Waals surface area contributed by atoms with Gasteiger partial charge in [-0.2, -0.15) is 18.3 Å². The fraction of sp³-hybridized carbons (Fsp3) is 0.188. The molecule has 1 aromatic carbocycles. The standard InChI is InChI=1S/C16H13F3N4O2/c1-9-14(10(2)25-22-9)15(24)21-12-8-11(16(17,18)19)4-5-13(12)23-7-3-6-20-23/h3-8H,1-2H3,(H,21,24). The largest absolute Gasteiger partial charge is 0.416 e. The van der Waals surface area contributed by atoms with E-state index in [1.165, 1.54) is 16.9 Å². The van der Waals surface area contributed by atoms with Gasteiger partial charge < -0.3 is 9.84 Å². The summed E-state index contributed by atoms with van der Waals surface area (Å²) in [7, 11) is 0. The van der Waals surface area contributed by atoms with Crippen molar-refractivity contribution in [3.8, 4) is 5.69 Å². The summed E-state index contributed by atoms with van der Waals surface area (Å²) in [5.74, 6) is -0.327. The van der Waals surface area contributed by atoms with Gasteiger partial charge in [-0.3, -0.25) is 4.79 Å². The summed E-state index contributed by atoms with van der Waals surface area (Å²) in [6.45, 7) is 3.13. The number of hydrogen-bond acceptors (Lipinski definition) is 4. The predicted molar refractivity (Wildman–Crippen MR) is 82.5 cm³/mol. The van der Waals surface area contributed by atoms with Crippen LogP contribution in [0.25, 0.3) is 5.69 Å². The number of halogens is 3. The molecule has 0 atom stereocenters. The highest BCUT2D eigenvalue weighted by Crippen LogP contribution is 2.33. The molecule has 130 valence electrons. The molecule has 3 rings (SSSR count). The quantitative estimate of drug-likeness (QED) is 0.781. The number of hydrogen-bond donors (Lipinski definition) is 1. The second-order valence-electron chi connectivity index (χ2n) is 5.33. The third kappa shape index (κ3) is 3.25. The van der Waals surface area contributed by atoms with Crippen LogP contribution < -0.4 is 5.32 Å². The Morgan fingerprint density at radius 2 is 2.04 bits per heavy atom. The molecular formula is C16H13F3N4O2. The van der Waals surface area contributed by atoms with Crippen LogP contribution in [0.4, 0.5) is 18.9 Å². The molecular weight excluding hydrogens is 337 g/mol. The van der Waals surface area contributed by atoms with Gasteiger partial charge in [0.25, 0.3) is 5.91 Å². The molecule has 0 unspecified atom stereocenters. The van der Waals surface area contributed by atoms with E-state index in [0.29, 0.717) is 11.4 Å². The Bertz CT molecular complexity index is 895. The number of benzene rings is 1. The molecule has 9 heteroatoms. The number of anilines is 1. The molecule has 25 heavy (non-hydrogen) atoms. The molecule has 0 bridgehead atoms. The minimum atomic E-state index is -4.54. The van der Waals surface area contributed by atoms with Crippen LogP contribution in [0.2, 0.25) is 0 Å². The van der Waals surface area contributed by atoms with Crippen molar-refractivity contribution in [2.24, 2.45) is 0 Å². The molecule has 0 saturated carbocycles. The van der Waals surface area contributed by atoms with E-state index in [0.717, 1.165) is 12.1 Å². The highest BCUT2D eigenvalue weighted by Gasteiger charge is 2.31. The first-order valence-electron chi connectivity index (χ1n) is 7.23. The van der Waals surface area contributed by atoms with Gasteiger partial charge in [0.2, 0.25) is 0 Å². The zero-order valence-corrected chi connectivity index (χ0v) is 13.3. The number of nitrogens with zero attached hydrogens (tertiary/aromatic N) is 3. The van der Waals surface area contributed by atoms with E-state index >= 15 is 0 Å². The van der Waals surface area contributed by atoms with Gasteiger partial charge >= 0.3 is 6.18 Å². The van der Waals surface area contributed by atoms with Gasteiger partial charge in [0.05, 0.1) is 22.6 Å². The minimum absolute atomic E-state index is 0.0245.